The van der Waals surface area contributed by atoms with Crippen LogP contribution in [0.3, 0.4) is 0 Å². The van der Waals surface area contributed by atoms with Crippen molar-refractivity contribution in [3.8, 4) is 0 Å². The number of halogens is 1. The van der Waals surface area contributed by atoms with Gasteiger partial charge in [-0.25, -0.2) is 14.4 Å². The molecule has 1 fully saturated rings. The van der Waals surface area contributed by atoms with E-state index in [9.17, 15) is 14.5 Å². The molecule has 11 heteroatoms. The number of nitrogen functional groups attached to an aromatic ring is 2. The SMILES string of the molecule is Nc1cc(CCN2CCC(Nc3nc4ccccc4n3Cc3ccc(F)cc3)CC2)c([N+](=O)[O-])c(N)n1. The van der Waals surface area contributed by atoms with Gasteiger partial charge in [-0.2, -0.15) is 0 Å². The van der Waals surface area contributed by atoms with E-state index in [1.807, 2.05) is 24.3 Å². The number of likely N-dealkylation sites (tertiary alicyclic amines) is 1. The summed E-state index contributed by atoms with van der Waals surface area (Å²) in [7, 11) is 0. The molecule has 0 amide bonds. The Morgan fingerprint density at radius 3 is 2.54 bits per heavy atom. The molecule has 5 N–H and O–H groups in total. The number of nitrogens with zero attached hydrogens (tertiary/aromatic N) is 5. The number of hydrogen-bond acceptors (Lipinski definition) is 8. The smallest absolute Gasteiger partial charge is 0.314 e. The first-order valence-electron chi connectivity index (χ1n) is 12.2. The maximum atomic E-state index is 13.4. The summed E-state index contributed by atoms with van der Waals surface area (Å²) in [5, 5.41) is 15.1. The maximum Gasteiger partial charge on any atom is 0.314 e. The molecule has 0 spiro atoms. The molecule has 2 aromatic carbocycles. The highest BCUT2D eigenvalue weighted by Gasteiger charge is 2.24. The molecule has 1 saturated heterocycles. The molecule has 0 unspecified atom stereocenters. The van der Waals surface area contributed by atoms with Crippen LogP contribution in [-0.4, -0.2) is 50.0 Å². The van der Waals surface area contributed by atoms with Gasteiger partial charge in [0.2, 0.25) is 11.8 Å². The first-order chi connectivity index (χ1) is 17.9. The summed E-state index contributed by atoms with van der Waals surface area (Å²) in [4.78, 5) is 21.9. The third kappa shape index (κ3) is 5.46. The summed E-state index contributed by atoms with van der Waals surface area (Å²) in [6.45, 7) is 2.94. The number of nitrogens with one attached hydrogen (secondary N) is 1. The predicted molar refractivity (Wildman–Crippen MR) is 142 cm³/mol. The van der Waals surface area contributed by atoms with Gasteiger partial charge in [-0.3, -0.25) is 10.1 Å². The number of piperidine rings is 1. The van der Waals surface area contributed by atoms with Gasteiger partial charge in [0.1, 0.15) is 11.6 Å². The van der Waals surface area contributed by atoms with E-state index in [0.29, 0.717) is 25.1 Å². The molecule has 0 saturated carbocycles. The van der Waals surface area contributed by atoms with Crippen LogP contribution in [0.2, 0.25) is 0 Å². The van der Waals surface area contributed by atoms with Crippen LogP contribution in [0.4, 0.5) is 27.7 Å². The molecule has 10 nitrogen and oxygen atoms in total. The van der Waals surface area contributed by atoms with Gasteiger partial charge in [0.05, 0.1) is 22.5 Å². The van der Waals surface area contributed by atoms with Gasteiger partial charge in [0.25, 0.3) is 0 Å². The monoisotopic (exact) mass is 504 g/mol. The minimum Gasteiger partial charge on any atom is -0.384 e. The lowest BCUT2D eigenvalue weighted by atomic mass is 10.0. The highest BCUT2D eigenvalue weighted by Crippen LogP contribution is 2.28. The zero-order chi connectivity index (χ0) is 25.9. The van der Waals surface area contributed by atoms with E-state index < -0.39 is 4.92 Å². The minimum absolute atomic E-state index is 0.147. The second-order valence-corrected chi connectivity index (χ2v) is 9.34. The lowest BCUT2D eigenvalue weighted by Crippen LogP contribution is -2.40. The average molecular weight is 505 g/mol. The van der Waals surface area contributed by atoms with Crippen molar-refractivity contribution in [1.29, 1.82) is 0 Å². The lowest BCUT2D eigenvalue weighted by molar-refractivity contribution is -0.384. The van der Waals surface area contributed by atoms with Gasteiger partial charge in [0, 0.05) is 31.2 Å². The third-order valence-electron chi connectivity index (χ3n) is 6.83. The fourth-order valence-corrected chi connectivity index (χ4v) is 4.92. The van der Waals surface area contributed by atoms with Crippen LogP contribution < -0.4 is 16.8 Å². The Morgan fingerprint density at radius 2 is 1.81 bits per heavy atom. The van der Waals surface area contributed by atoms with Crippen molar-refractivity contribution in [3.63, 3.8) is 0 Å². The zero-order valence-electron chi connectivity index (χ0n) is 20.3. The average Bonchev–Trinajstić information content (AvgIpc) is 3.21. The second kappa shape index (κ2) is 10.4. The van der Waals surface area contributed by atoms with E-state index in [1.54, 1.807) is 12.1 Å². The highest BCUT2D eigenvalue weighted by molar-refractivity contribution is 5.78. The van der Waals surface area contributed by atoms with Crippen LogP contribution >= 0.6 is 0 Å². The molecule has 4 aromatic rings. The molecule has 0 aliphatic carbocycles. The Morgan fingerprint density at radius 1 is 1.08 bits per heavy atom. The Balaban J connectivity index is 1.24. The van der Waals surface area contributed by atoms with Gasteiger partial charge in [-0.05, 0) is 55.2 Å². The van der Waals surface area contributed by atoms with Gasteiger partial charge < -0.3 is 26.3 Å². The Kier molecular flexibility index (Phi) is 6.87. The number of rotatable bonds is 8. The van der Waals surface area contributed by atoms with Crippen LogP contribution in [0.15, 0.2) is 54.6 Å². The van der Waals surface area contributed by atoms with Crippen molar-refractivity contribution in [2.24, 2.45) is 0 Å². The molecule has 0 radical (unpaired) electrons. The molecule has 5 rings (SSSR count). The number of nitro groups is 1. The standard InChI is InChI=1S/C26H29FN8O2/c27-19-7-5-17(6-8-19)16-34-22-4-2-1-3-21(22)31-26(34)30-20-10-13-33(14-11-20)12-9-18-15-23(28)32-25(29)24(18)35(36)37/h1-8,15,20H,9-14,16H2,(H,30,31)(H4,28,29,32). The summed E-state index contributed by atoms with van der Waals surface area (Å²) in [6.07, 6.45) is 2.28. The van der Waals surface area contributed by atoms with Gasteiger partial charge >= 0.3 is 5.69 Å². The van der Waals surface area contributed by atoms with Crippen LogP contribution in [0, 0.1) is 15.9 Å². The van der Waals surface area contributed by atoms with E-state index in [2.05, 4.69) is 19.8 Å². The van der Waals surface area contributed by atoms with Crippen LogP contribution in [0.5, 0.6) is 0 Å². The highest BCUT2D eigenvalue weighted by atomic mass is 19.1. The second-order valence-electron chi connectivity index (χ2n) is 9.34. The van der Waals surface area contributed by atoms with Crippen molar-refractivity contribution in [2.45, 2.75) is 31.8 Å². The van der Waals surface area contributed by atoms with Gasteiger partial charge in [-0.1, -0.05) is 24.3 Å². The molecule has 192 valence electrons. The normalized spacial score (nSPS) is 14.7. The predicted octanol–water partition coefficient (Wildman–Crippen LogP) is 3.81. The van der Waals surface area contributed by atoms with Crippen LogP contribution in [0.25, 0.3) is 11.0 Å². The van der Waals surface area contributed by atoms with Gasteiger partial charge in [0.15, 0.2) is 0 Å². The number of imidazole rings is 1. The van der Waals surface area contributed by atoms with Gasteiger partial charge in [-0.15, -0.1) is 0 Å². The summed E-state index contributed by atoms with van der Waals surface area (Å²) < 4.78 is 15.5. The first kappa shape index (κ1) is 24.4. The largest absolute Gasteiger partial charge is 0.384 e. The number of anilines is 3. The molecule has 0 atom stereocenters. The topological polar surface area (TPSA) is 141 Å². The fraction of sp³-hybridized carbons (Fsp3) is 0.308. The summed E-state index contributed by atoms with van der Waals surface area (Å²) in [5.74, 6) is 0.577. The Hall–Kier alpha value is -4.25. The fourth-order valence-electron chi connectivity index (χ4n) is 4.92. The third-order valence-corrected chi connectivity index (χ3v) is 6.83. The molecule has 1 aliphatic rings. The van der Waals surface area contributed by atoms with Crippen molar-refractivity contribution in [2.75, 3.05) is 36.4 Å². The van der Waals surface area contributed by atoms with E-state index >= 15 is 0 Å². The first-order valence-corrected chi connectivity index (χ1v) is 12.2. The number of aromatic nitrogens is 3. The Bertz CT molecular complexity index is 1410. The molecule has 0 bridgehead atoms. The van der Waals surface area contributed by atoms with E-state index in [1.165, 1.54) is 18.2 Å². The number of para-hydroxylation sites is 2. The lowest BCUT2D eigenvalue weighted by Gasteiger charge is -2.32. The summed E-state index contributed by atoms with van der Waals surface area (Å²) in [5.41, 5.74) is 14.8. The number of hydrogen-bond donors (Lipinski definition) is 3. The van der Waals surface area contributed by atoms with Crippen molar-refractivity contribution >= 4 is 34.3 Å². The number of fused-ring (bicyclic) bond motifs is 1. The van der Waals surface area contributed by atoms with Crippen LogP contribution in [0.1, 0.15) is 24.0 Å². The summed E-state index contributed by atoms with van der Waals surface area (Å²) in [6, 6.07) is 16.3. The van der Waals surface area contributed by atoms with Crippen molar-refractivity contribution in [3.05, 3.63) is 81.7 Å². The van der Waals surface area contributed by atoms with Crippen molar-refractivity contribution < 1.29 is 9.31 Å². The Labute approximate surface area is 213 Å². The molecule has 1 aliphatic heterocycles. The number of benzene rings is 2. The van der Waals surface area contributed by atoms with E-state index in [0.717, 1.165) is 48.5 Å². The molecule has 3 heterocycles. The number of pyridine rings is 1. The summed E-state index contributed by atoms with van der Waals surface area (Å²) >= 11 is 0. The molecular formula is C26H29FN8O2. The maximum absolute atomic E-state index is 13.4. The quantitative estimate of drug-likeness (QED) is 0.243. The minimum atomic E-state index is -0.495. The van der Waals surface area contributed by atoms with Crippen molar-refractivity contribution in [1.82, 2.24) is 19.4 Å². The zero-order valence-corrected chi connectivity index (χ0v) is 20.3. The van der Waals surface area contributed by atoms with E-state index in [4.69, 9.17) is 16.5 Å². The molecule has 2 aromatic heterocycles. The van der Waals surface area contributed by atoms with E-state index in [-0.39, 0.29) is 29.2 Å². The molecular weight excluding hydrogens is 475 g/mol. The molecule has 37 heavy (non-hydrogen) atoms. The number of nitrogens with two attached hydrogens (primary N) is 2. The van der Waals surface area contributed by atoms with Crippen LogP contribution in [-0.2, 0) is 13.0 Å².